The molecular weight excluding hydrogens is 238 g/mol. The standard InChI is InChI=1S/C15H21N3O/c1-3-13(12-19)18(14-7-5-4-6-8-14)11-15-16-9-10-17(15)2/h4-10,13,19H,3,11-12H2,1-2H3. The fourth-order valence-corrected chi connectivity index (χ4v) is 2.20. The van der Waals surface area contributed by atoms with Crippen molar-refractivity contribution in [3.8, 4) is 0 Å². The number of aliphatic hydroxyl groups excluding tert-OH is 1. The molecule has 4 heteroatoms. The Labute approximate surface area is 114 Å². The van der Waals surface area contributed by atoms with Gasteiger partial charge in [0.1, 0.15) is 5.82 Å². The van der Waals surface area contributed by atoms with Crippen molar-refractivity contribution in [1.29, 1.82) is 0 Å². The van der Waals surface area contributed by atoms with Gasteiger partial charge < -0.3 is 14.6 Å². The van der Waals surface area contributed by atoms with Crippen LogP contribution in [-0.4, -0.2) is 27.3 Å². The summed E-state index contributed by atoms with van der Waals surface area (Å²) in [4.78, 5) is 6.58. The average Bonchev–Trinajstić information content (AvgIpc) is 2.85. The third kappa shape index (κ3) is 3.15. The number of benzene rings is 1. The molecule has 0 bridgehead atoms. The summed E-state index contributed by atoms with van der Waals surface area (Å²) in [6, 6.07) is 10.3. The Hall–Kier alpha value is -1.81. The molecule has 2 aromatic rings. The molecule has 4 nitrogen and oxygen atoms in total. The molecule has 2 rings (SSSR count). The molecule has 0 saturated heterocycles. The van der Waals surface area contributed by atoms with E-state index in [9.17, 15) is 5.11 Å². The normalized spacial score (nSPS) is 12.4. The second-order valence-electron chi connectivity index (χ2n) is 4.66. The van der Waals surface area contributed by atoms with Crippen LogP contribution >= 0.6 is 0 Å². The Morgan fingerprint density at radius 1 is 1.32 bits per heavy atom. The highest BCUT2D eigenvalue weighted by atomic mass is 16.3. The lowest BCUT2D eigenvalue weighted by Crippen LogP contribution is -2.37. The lowest BCUT2D eigenvalue weighted by molar-refractivity contribution is 0.254. The molecular formula is C15H21N3O. The van der Waals surface area contributed by atoms with Crippen LogP contribution in [0.5, 0.6) is 0 Å². The molecule has 0 aliphatic carbocycles. The molecule has 1 aromatic heterocycles. The second kappa shape index (κ2) is 6.38. The maximum Gasteiger partial charge on any atom is 0.128 e. The zero-order valence-corrected chi connectivity index (χ0v) is 11.5. The van der Waals surface area contributed by atoms with E-state index in [0.29, 0.717) is 6.54 Å². The summed E-state index contributed by atoms with van der Waals surface area (Å²) < 4.78 is 2.01. The van der Waals surface area contributed by atoms with Gasteiger partial charge in [-0.1, -0.05) is 25.1 Å². The molecule has 1 heterocycles. The monoisotopic (exact) mass is 259 g/mol. The molecule has 0 spiro atoms. The number of hydrogen-bond acceptors (Lipinski definition) is 3. The molecule has 0 fully saturated rings. The SMILES string of the molecule is CCC(CO)N(Cc1nccn1C)c1ccccc1. The topological polar surface area (TPSA) is 41.3 Å². The number of aromatic nitrogens is 2. The van der Waals surface area contributed by atoms with Crippen molar-refractivity contribution in [2.24, 2.45) is 7.05 Å². The van der Waals surface area contributed by atoms with Gasteiger partial charge in [0.2, 0.25) is 0 Å². The van der Waals surface area contributed by atoms with E-state index in [1.165, 1.54) is 0 Å². The van der Waals surface area contributed by atoms with Gasteiger partial charge in [-0.15, -0.1) is 0 Å². The first-order valence-corrected chi connectivity index (χ1v) is 6.65. The van der Waals surface area contributed by atoms with Crippen LogP contribution in [-0.2, 0) is 13.6 Å². The Morgan fingerprint density at radius 2 is 2.05 bits per heavy atom. The number of imidazole rings is 1. The van der Waals surface area contributed by atoms with E-state index in [0.717, 1.165) is 17.9 Å². The van der Waals surface area contributed by atoms with E-state index in [1.807, 2.05) is 36.0 Å². The average molecular weight is 259 g/mol. The summed E-state index contributed by atoms with van der Waals surface area (Å²) >= 11 is 0. The van der Waals surface area contributed by atoms with Crippen LogP contribution in [0.1, 0.15) is 19.2 Å². The summed E-state index contributed by atoms with van der Waals surface area (Å²) in [6.07, 6.45) is 4.65. The first-order chi connectivity index (χ1) is 9.26. The van der Waals surface area contributed by atoms with Crippen LogP contribution < -0.4 is 4.90 Å². The number of para-hydroxylation sites is 1. The van der Waals surface area contributed by atoms with Crippen molar-refractivity contribution in [2.45, 2.75) is 25.9 Å². The number of rotatable bonds is 6. The van der Waals surface area contributed by atoms with Gasteiger partial charge in [0.15, 0.2) is 0 Å². The number of aryl methyl sites for hydroxylation is 1. The van der Waals surface area contributed by atoms with Crippen molar-refractivity contribution < 1.29 is 5.11 Å². The third-order valence-corrected chi connectivity index (χ3v) is 3.44. The maximum atomic E-state index is 9.59. The van der Waals surface area contributed by atoms with E-state index in [2.05, 4.69) is 28.9 Å². The maximum absolute atomic E-state index is 9.59. The Morgan fingerprint density at radius 3 is 2.58 bits per heavy atom. The summed E-state index contributed by atoms with van der Waals surface area (Å²) in [5, 5.41) is 9.59. The van der Waals surface area contributed by atoms with Crippen molar-refractivity contribution >= 4 is 5.69 Å². The van der Waals surface area contributed by atoms with E-state index in [1.54, 1.807) is 6.20 Å². The molecule has 1 aromatic carbocycles. The van der Waals surface area contributed by atoms with Gasteiger partial charge in [-0.25, -0.2) is 4.98 Å². The molecule has 1 unspecified atom stereocenters. The first kappa shape index (κ1) is 13.6. The van der Waals surface area contributed by atoms with Gasteiger partial charge in [0.25, 0.3) is 0 Å². The lowest BCUT2D eigenvalue weighted by Gasteiger charge is -2.31. The quantitative estimate of drug-likeness (QED) is 0.864. The largest absolute Gasteiger partial charge is 0.394 e. The van der Waals surface area contributed by atoms with Crippen molar-refractivity contribution in [1.82, 2.24) is 9.55 Å². The smallest absolute Gasteiger partial charge is 0.128 e. The first-order valence-electron chi connectivity index (χ1n) is 6.65. The zero-order chi connectivity index (χ0) is 13.7. The highest BCUT2D eigenvalue weighted by Gasteiger charge is 2.18. The fourth-order valence-electron chi connectivity index (χ4n) is 2.20. The zero-order valence-electron chi connectivity index (χ0n) is 11.5. The Kier molecular flexibility index (Phi) is 4.58. The summed E-state index contributed by atoms with van der Waals surface area (Å²) in [5.74, 6) is 0.996. The van der Waals surface area contributed by atoms with Gasteiger partial charge in [-0.3, -0.25) is 0 Å². The summed E-state index contributed by atoms with van der Waals surface area (Å²) in [5.41, 5.74) is 1.12. The van der Waals surface area contributed by atoms with Crippen LogP contribution in [0.4, 0.5) is 5.69 Å². The van der Waals surface area contributed by atoms with E-state index >= 15 is 0 Å². The predicted octanol–water partition coefficient (Wildman–Crippen LogP) is 2.20. The highest BCUT2D eigenvalue weighted by Crippen LogP contribution is 2.20. The number of nitrogens with zero attached hydrogens (tertiary/aromatic N) is 3. The predicted molar refractivity (Wildman–Crippen MR) is 77.0 cm³/mol. The van der Waals surface area contributed by atoms with Crippen LogP contribution in [0, 0.1) is 0 Å². The van der Waals surface area contributed by atoms with E-state index < -0.39 is 0 Å². The minimum absolute atomic E-state index is 0.110. The molecule has 0 aliphatic heterocycles. The number of anilines is 1. The molecule has 19 heavy (non-hydrogen) atoms. The molecule has 0 radical (unpaired) electrons. The second-order valence-corrected chi connectivity index (χ2v) is 4.66. The molecule has 102 valence electrons. The molecule has 0 saturated carbocycles. The minimum atomic E-state index is 0.110. The van der Waals surface area contributed by atoms with Crippen molar-refractivity contribution in [3.05, 3.63) is 48.5 Å². The summed E-state index contributed by atoms with van der Waals surface area (Å²) in [7, 11) is 1.99. The molecule has 1 atom stereocenters. The van der Waals surface area contributed by atoms with Crippen molar-refractivity contribution in [3.63, 3.8) is 0 Å². The minimum Gasteiger partial charge on any atom is -0.394 e. The third-order valence-electron chi connectivity index (χ3n) is 3.44. The van der Waals surface area contributed by atoms with Crippen LogP contribution in [0.2, 0.25) is 0 Å². The van der Waals surface area contributed by atoms with Crippen LogP contribution in [0.3, 0.4) is 0 Å². The fraction of sp³-hybridized carbons (Fsp3) is 0.400. The highest BCUT2D eigenvalue weighted by molar-refractivity contribution is 5.47. The van der Waals surface area contributed by atoms with Crippen molar-refractivity contribution in [2.75, 3.05) is 11.5 Å². The van der Waals surface area contributed by atoms with Crippen LogP contribution in [0.15, 0.2) is 42.7 Å². The Balaban J connectivity index is 2.27. The lowest BCUT2D eigenvalue weighted by atomic mass is 10.1. The number of hydrogen-bond donors (Lipinski definition) is 1. The summed E-state index contributed by atoms with van der Waals surface area (Å²) in [6.45, 7) is 2.94. The Bertz CT molecular complexity index is 491. The van der Waals surface area contributed by atoms with Gasteiger partial charge in [0.05, 0.1) is 19.2 Å². The van der Waals surface area contributed by atoms with Gasteiger partial charge in [-0.05, 0) is 18.6 Å². The van der Waals surface area contributed by atoms with Crippen LogP contribution in [0.25, 0.3) is 0 Å². The van der Waals surface area contributed by atoms with Gasteiger partial charge >= 0.3 is 0 Å². The van der Waals surface area contributed by atoms with Gasteiger partial charge in [0, 0.05) is 25.1 Å². The van der Waals surface area contributed by atoms with E-state index in [-0.39, 0.29) is 12.6 Å². The van der Waals surface area contributed by atoms with Gasteiger partial charge in [-0.2, -0.15) is 0 Å². The number of aliphatic hydroxyl groups is 1. The molecule has 1 N–H and O–H groups in total. The molecule has 0 aliphatic rings. The molecule has 0 amide bonds. The van der Waals surface area contributed by atoms with E-state index in [4.69, 9.17) is 0 Å².